The van der Waals surface area contributed by atoms with Crippen LogP contribution in [0.25, 0.3) is 0 Å². The van der Waals surface area contributed by atoms with Gasteiger partial charge in [0.2, 0.25) is 0 Å². The van der Waals surface area contributed by atoms with Crippen LogP contribution in [-0.4, -0.2) is 12.7 Å². The highest BCUT2D eigenvalue weighted by Gasteiger charge is 2.03. The van der Waals surface area contributed by atoms with E-state index in [-0.39, 0.29) is 0 Å². The van der Waals surface area contributed by atoms with Gasteiger partial charge in [0.1, 0.15) is 0 Å². The van der Waals surface area contributed by atoms with E-state index >= 15 is 0 Å². The average Bonchev–Trinajstić information content (AvgIpc) is 2.05. The van der Waals surface area contributed by atoms with E-state index in [1.807, 2.05) is 0 Å². The van der Waals surface area contributed by atoms with E-state index in [2.05, 4.69) is 20.8 Å². The summed E-state index contributed by atoms with van der Waals surface area (Å²) >= 11 is 0. The molecule has 0 radical (unpaired) electrons. The quantitative estimate of drug-likeness (QED) is 0.552. The summed E-state index contributed by atoms with van der Waals surface area (Å²) in [5.74, 6) is 0. The Labute approximate surface area is 71.1 Å². The van der Waals surface area contributed by atoms with Crippen LogP contribution in [0.3, 0.4) is 0 Å². The van der Waals surface area contributed by atoms with Gasteiger partial charge in [-0.3, -0.25) is 0 Å². The van der Waals surface area contributed by atoms with Crippen molar-refractivity contribution in [3.63, 3.8) is 0 Å². The topological polar surface area (TPSA) is 9.23 Å². The van der Waals surface area contributed by atoms with Crippen LogP contribution >= 0.6 is 0 Å². The zero-order chi connectivity index (χ0) is 8.53. The third-order valence-electron chi connectivity index (χ3n) is 1.89. The molecule has 0 fully saturated rings. The minimum Gasteiger partial charge on any atom is -0.378 e. The molecule has 0 amide bonds. The Morgan fingerprint density at radius 2 is 1.82 bits per heavy atom. The van der Waals surface area contributed by atoms with Crippen LogP contribution in [0.4, 0.5) is 0 Å². The molecule has 1 atom stereocenters. The number of rotatable bonds is 7. The molecule has 11 heavy (non-hydrogen) atoms. The fourth-order valence-corrected chi connectivity index (χ4v) is 1.12. The summed E-state index contributed by atoms with van der Waals surface area (Å²) in [5.41, 5.74) is 0. The maximum Gasteiger partial charge on any atom is 0.0572 e. The lowest BCUT2D eigenvalue weighted by molar-refractivity contribution is 0.0439. The van der Waals surface area contributed by atoms with Crippen LogP contribution in [0, 0.1) is 0 Å². The van der Waals surface area contributed by atoms with Crippen LogP contribution in [0.1, 0.15) is 52.9 Å². The van der Waals surface area contributed by atoms with Gasteiger partial charge in [0.05, 0.1) is 6.10 Å². The molecule has 0 spiro atoms. The average molecular weight is 158 g/mol. The van der Waals surface area contributed by atoms with E-state index in [1.165, 1.54) is 25.7 Å². The van der Waals surface area contributed by atoms with Gasteiger partial charge in [0.25, 0.3) is 0 Å². The van der Waals surface area contributed by atoms with Gasteiger partial charge in [-0.25, -0.2) is 0 Å². The summed E-state index contributed by atoms with van der Waals surface area (Å²) in [6, 6.07) is 0. The number of hydrogen-bond donors (Lipinski definition) is 0. The molecule has 0 aliphatic heterocycles. The van der Waals surface area contributed by atoms with E-state index in [1.54, 1.807) is 0 Å². The number of ether oxygens (including phenoxy) is 1. The van der Waals surface area contributed by atoms with E-state index in [9.17, 15) is 0 Å². The standard InChI is InChI=1S/C10H22O/c1-4-7-8-10(6-3)11-9-5-2/h10H,4-9H2,1-3H3. The lowest BCUT2D eigenvalue weighted by Gasteiger charge is -2.14. The Balaban J connectivity index is 3.25. The number of unbranched alkanes of at least 4 members (excludes halogenated alkanes) is 1. The van der Waals surface area contributed by atoms with Gasteiger partial charge in [-0.1, -0.05) is 33.6 Å². The van der Waals surface area contributed by atoms with E-state index < -0.39 is 0 Å². The first-order valence-corrected chi connectivity index (χ1v) is 4.96. The second-order valence-electron chi connectivity index (χ2n) is 3.04. The molecule has 0 rings (SSSR count). The maximum atomic E-state index is 5.64. The first-order valence-electron chi connectivity index (χ1n) is 4.96. The van der Waals surface area contributed by atoms with Gasteiger partial charge < -0.3 is 4.74 Å². The van der Waals surface area contributed by atoms with Crippen molar-refractivity contribution in [1.82, 2.24) is 0 Å². The summed E-state index contributed by atoms with van der Waals surface area (Å²) in [4.78, 5) is 0. The first-order chi connectivity index (χ1) is 5.35. The van der Waals surface area contributed by atoms with E-state index in [4.69, 9.17) is 4.74 Å². The van der Waals surface area contributed by atoms with Gasteiger partial charge in [-0.05, 0) is 19.3 Å². The van der Waals surface area contributed by atoms with Crippen molar-refractivity contribution in [3.05, 3.63) is 0 Å². The molecule has 0 aromatic heterocycles. The molecule has 1 heteroatoms. The fourth-order valence-electron chi connectivity index (χ4n) is 1.12. The zero-order valence-corrected chi connectivity index (χ0v) is 8.23. The second-order valence-corrected chi connectivity index (χ2v) is 3.04. The van der Waals surface area contributed by atoms with Crippen LogP contribution < -0.4 is 0 Å². The van der Waals surface area contributed by atoms with Crippen molar-refractivity contribution >= 4 is 0 Å². The van der Waals surface area contributed by atoms with E-state index in [0.717, 1.165) is 13.0 Å². The molecule has 0 aromatic carbocycles. The molecule has 0 aromatic rings. The maximum absolute atomic E-state index is 5.64. The van der Waals surface area contributed by atoms with Crippen LogP contribution in [-0.2, 0) is 4.74 Å². The first kappa shape index (κ1) is 11.0. The predicted molar refractivity (Wildman–Crippen MR) is 49.8 cm³/mol. The minimum absolute atomic E-state index is 0.523. The lowest BCUT2D eigenvalue weighted by atomic mass is 10.1. The predicted octanol–water partition coefficient (Wildman–Crippen LogP) is 3.38. The Morgan fingerprint density at radius 3 is 2.27 bits per heavy atom. The summed E-state index contributed by atoms with van der Waals surface area (Å²) in [6.45, 7) is 7.53. The smallest absolute Gasteiger partial charge is 0.0572 e. The highest BCUT2D eigenvalue weighted by Crippen LogP contribution is 2.08. The molecule has 0 saturated carbocycles. The summed E-state index contributed by atoms with van der Waals surface area (Å²) in [6.07, 6.45) is 6.67. The Kier molecular flexibility index (Phi) is 8.03. The van der Waals surface area contributed by atoms with Crippen molar-refractivity contribution in [2.24, 2.45) is 0 Å². The Hall–Kier alpha value is -0.0400. The highest BCUT2D eigenvalue weighted by atomic mass is 16.5. The second kappa shape index (κ2) is 8.06. The SMILES string of the molecule is CCCCC(CC)OCCC. The van der Waals surface area contributed by atoms with Crippen LogP contribution in [0.2, 0.25) is 0 Å². The third-order valence-corrected chi connectivity index (χ3v) is 1.89. The largest absolute Gasteiger partial charge is 0.378 e. The van der Waals surface area contributed by atoms with Crippen molar-refractivity contribution in [2.75, 3.05) is 6.61 Å². The molecular weight excluding hydrogens is 136 g/mol. The zero-order valence-electron chi connectivity index (χ0n) is 8.23. The van der Waals surface area contributed by atoms with Gasteiger partial charge in [0.15, 0.2) is 0 Å². The van der Waals surface area contributed by atoms with Crippen LogP contribution in [0.5, 0.6) is 0 Å². The minimum atomic E-state index is 0.523. The van der Waals surface area contributed by atoms with Crippen molar-refractivity contribution < 1.29 is 4.74 Å². The Morgan fingerprint density at radius 1 is 1.09 bits per heavy atom. The van der Waals surface area contributed by atoms with Gasteiger partial charge in [0, 0.05) is 6.61 Å². The summed E-state index contributed by atoms with van der Waals surface area (Å²) in [5, 5.41) is 0. The molecule has 1 unspecified atom stereocenters. The summed E-state index contributed by atoms with van der Waals surface area (Å²) in [7, 11) is 0. The number of hydrogen-bond acceptors (Lipinski definition) is 1. The van der Waals surface area contributed by atoms with E-state index in [0.29, 0.717) is 6.10 Å². The lowest BCUT2D eigenvalue weighted by Crippen LogP contribution is -2.11. The van der Waals surface area contributed by atoms with Gasteiger partial charge >= 0.3 is 0 Å². The highest BCUT2D eigenvalue weighted by molar-refractivity contribution is 4.54. The summed E-state index contributed by atoms with van der Waals surface area (Å²) < 4.78 is 5.64. The normalized spacial score (nSPS) is 13.4. The van der Waals surface area contributed by atoms with Crippen molar-refractivity contribution in [2.45, 2.75) is 59.0 Å². The molecule has 0 bridgehead atoms. The molecule has 0 N–H and O–H groups in total. The van der Waals surface area contributed by atoms with Gasteiger partial charge in [-0.2, -0.15) is 0 Å². The fraction of sp³-hybridized carbons (Fsp3) is 1.00. The molecule has 0 heterocycles. The molecule has 0 aliphatic carbocycles. The van der Waals surface area contributed by atoms with Crippen molar-refractivity contribution in [3.8, 4) is 0 Å². The molecule has 0 aliphatic rings. The van der Waals surface area contributed by atoms with Crippen molar-refractivity contribution in [1.29, 1.82) is 0 Å². The van der Waals surface area contributed by atoms with Gasteiger partial charge in [-0.15, -0.1) is 0 Å². The molecule has 0 saturated heterocycles. The Bertz CT molecular complexity index is 63.3. The third kappa shape index (κ3) is 6.36. The molecule has 68 valence electrons. The molecular formula is C10H22O. The monoisotopic (exact) mass is 158 g/mol. The molecule has 1 nitrogen and oxygen atoms in total. The van der Waals surface area contributed by atoms with Crippen LogP contribution in [0.15, 0.2) is 0 Å².